The van der Waals surface area contributed by atoms with E-state index in [1.54, 1.807) is 31.2 Å². The van der Waals surface area contributed by atoms with E-state index in [1.165, 1.54) is 7.11 Å². The molecule has 0 amide bonds. The maximum Gasteiger partial charge on any atom is 0.417 e. The van der Waals surface area contributed by atoms with Gasteiger partial charge in [-0.25, -0.2) is 9.59 Å². The van der Waals surface area contributed by atoms with E-state index < -0.39 is 42.0 Å². The third-order valence-corrected chi connectivity index (χ3v) is 3.96. The number of benzene rings is 1. The standard InChI is InChI=1S/C17H20O8/c1-4-24-15(19)12-11(14(12)25-17(21)16(20)23-3)13(18)9-6-5-7-10(8-9)22-2/h5-8,11-14,18H,4H2,1-3H3/t11-,12+,13+,14+/m1/s1. The van der Waals surface area contributed by atoms with E-state index in [0.717, 1.165) is 7.11 Å². The molecular weight excluding hydrogens is 332 g/mol. The van der Waals surface area contributed by atoms with Crippen molar-refractivity contribution < 1.29 is 38.4 Å². The van der Waals surface area contributed by atoms with Crippen molar-refractivity contribution in [3.05, 3.63) is 29.8 Å². The number of rotatable bonds is 6. The summed E-state index contributed by atoms with van der Waals surface area (Å²) in [6.45, 7) is 1.79. The zero-order valence-corrected chi connectivity index (χ0v) is 14.1. The normalized spacial score (nSPS) is 22.5. The van der Waals surface area contributed by atoms with Gasteiger partial charge in [-0.1, -0.05) is 12.1 Å². The van der Waals surface area contributed by atoms with Crippen LogP contribution in [0.5, 0.6) is 5.75 Å². The maximum absolute atomic E-state index is 12.0. The third-order valence-electron chi connectivity index (χ3n) is 3.96. The molecule has 1 aliphatic rings. The Balaban J connectivity index is 2.18. The van der Waals surface area contributed by atoms with E-state index in [-0.39, 0.29) is 6.61 Å². The van der Waals surface area contributed by atoms with Gasteiger partial charge in [-0.05, 0) is 24.6 Å². The molecule has 0 spiro atoms. The minimum atomic E-state index is -1.22. The topological polar surface area (TPSA) is 108 Å². The lowest BCUT2D eigenvalue weighted by molar-refractivity contribution is -0.168. The summed E-state index contributed by atoms with van der Waals surface area (Å²) in [7, 11) is 2.53. The Morgan fingerprint density at radius 2 is 1.92 bits per heavy atom. The van der Waals surface area contributed by atoms with Crippen LogP contribution in [-0.2, 0) is 28.6 Å². The molecule has 25 heavy (non-hydrogen) atoms. The summed E-state index contributed by atoms with van der Waals surface area (Å²) in [6, 6.07) is 6.67. The molecule has 0 unspecified atom stereocenters. The van der Waals surface area contributed by atoms with E-state index in [9.17, 15) is 19.5 Å². The fourth-order valence-electron chi connectivity index (χ4n) is 2.67. The fraction of sp³-hybridized carbons (Fsp3) is 0.471. The van der Waals surface area contributed by atoms with Gasteiger partial charge in [-0.2, -0.15) is 0 Å². The molecule has 1 aromatic rings. The summed E-state index contributed by atoms with van der Waals surface area (Å²) in [4.78, 5) is 34.9. The minimum absolute atomic E-state index is 0.148. The number of carbonyl (C=O) groups is 3. The first-order valence-corrected chi connectivity index (χ1v) is 7.72. The van der Waals surface area contributed by atoms with Crippen LogP contribution in [0, 0.1) is 11.8 Å². The number of carbonyl (C=O) groups excluding carboxylic acids is 3. The van der Waals surface area contributed by atoms with Crippen molar-refractivity contribution in [2.75, 3.05) is 20.8 Å². The van der Waals surface area contributed by atoms with Crippen molar-refractivity contribution in [3.63, 3.8) is 0 Å². The molecule has 0 radical (unpaired) electrons. The van der Waals surface area contributed by atoms with Crippen LogP contribution in [0.4, 0.5) is 0 Å². The van der Waals surface area contributed by atoms with Crippen molar-refractivity contribution in [2.45, 2.75) is 19.1 Å². The third kappa shape index (κ3) is 4.08. The molecule has 2 rings (SSSR count). The fourth-order valence-corrected chi connectivity index (χ4v) is 2.67. The average molecular weight is 352 g/mol. The van der Waals surface area contributed by atoms with Gasteiger partial charge in [0.2, 0.25) is 0 Å². The smallest absolute Gasteiger partial charge is 0.417 e. The van der Waals surface area contributed by atoms with Crippen LogP contribution < -0.4 is 4.74 Å². The van der Waals surface area contributed by atoms with Crippen molar-refractivity contribution in [3.8, 4) is 5.75 Å². The Morgan fingerprint density at radius 3 is 2.52 bits per heavy atom. The number of aliphatic hydroxyl groups is 1. The van der Waals surface area contributed by atoms with E-state index in [4.69, 9.17) is 14.2 Å². The largest absolute Gasteiger partial charge is 0.497 e. The monoisotopic (exact) mass is 352 g/mol. The average Bonchev–Trinajstić information content (AvgIpc) is 3.34. The van der Waals surface area contributed by atoms with Gasteiger partial charge in [0.1, 0.15) is 17.8 Å². The summed E-state index contributed by atoms with van der Waals surface area (Å²) in [5.41, 5.74) is 0.496. The predicted molar refractivity (Wildman–Crippen MR) is 83.5 cm³/mol. The predicted octanol–water partition coefficient (Wildman–Crippen LogP) is 0.622. The summed E-state index contributed by atoms with van der Waals surface area (Å²) >= 11 is 0. The first kappa shape index (κ1) is 18.7. The molecule has 1 N–H and O–H groups in total. The van der Waals surface area contributed by atoms with Crippen LogP contribution >= 0.6 is 0 Å². The SMILES string of the molecule is CCOC(=O)[C@@H]1[C@@H](OC(=O)C(=O)OC)[C@H]1[C@@H](O)c1cccc(OC)c1. The summed E-state index contributed by atoms with van der Waals surface area (Å²) in [6.07, 6.45) is -2.06. The molecular formula is C17H20O8. The highest BCUT2D eigenvalue weighted by Crippen LogP contribution is 2.50. The Kier molecular flexibility index (Phi) is 5.97. The molecule has 0 heterocycles. The summed E-state index contributed by atoms with van der Waals surface area (Å²) < 4.78 is 19.3. The lowest BCUT2D eigenvalue weighted by Gasteiger charge is -2.12. The molecule has 8 nitrogen and oxygen atoms in total. The van der Waals surface area contributed by atoms with Gasteiger partial charge in [0.25, 0.3) is 0 Å². The van der Waals surface area contributed by atoms with Gasteiger partial charge in [-0.3, -0.25) is 4.79 Å². The highest BCUT2D eigenvalue weighted by Gasteiger charge is 2.62. The molecule has 1 fully saturated rings. The van der Waals surface area contributed by atoms with Crippen LogP contribution in [-0.4, -0.2) is 49.9 Å². The number of esters is 3. The maximum atomic E-state index is 12.0. The van der Waals surface area contributed by atoms with E-state index in [1.807, 2.05) is 0 Å². The van der Waals surface area contributed by atoms with Crippen molar-refractivity contribution in [2.24, 2.45) is 11.8 Å². The van der Waals surface area contributed by atoms with Gasteiger partial charge < -0.3 is 24.1 Å². The quantitative estimate of drug-likeness (QED) is 0.451. The van der Waals surface area contributed by atoms with Crippen LogP contribution in [0.15, 0.2) is 24.3 Å². The van der Waals surface area contributed by atoms with Crippen LogP contribution in [0.2, 0.25) is 0 Å². The zero-order chi connectivity index (χ0) is 18.6. The van der Waals surface area contributed by atoms with Crippen molar-refractivity contribution >= 4 is 17.9 Å². The van der Waals surface area contributed by atoms with Gasteiger partial charge in [-0.15, -0.1) is 0 Å². The van der Waals surface area contributed by atoms with E-state index >= 15 is 0 Å². The second kappa shape index (κ2) is 7.98. The van der Waals surface area contributed by atoms with Crippen molar-refractivity contribution in [1.29, 1.82) is 0 Å². The Labute approximate surface area is 144 Å². The molecule has 0 saturated heterocycles. The molecule has 1 aromatic carbocycles. The highest BCUT2D eigenvalue weighted by atomic mass is 16.6. The molecule has 0 bridgehead atoms. The summed E-state index contributed by atoms with van der Waals surface area (Å²) in [5.74, 6) is -4.04. The van der Waals surface area contributed by atoms with Crippen LogP contribution in [0.3, 0.4) is 0 Å². The van der Waals surface area contributed by atoms with E-state index in [2.05, 4.69) is 4.74 Å². The molecule has 0 aromatic heterocycles. The number of ether oxygens (including phenoxy) is 4. The van der Waals surface area contributed by atoms with E-state index in [0.29, 0.717) is 11.3 Å². The summed E-state index contributed by atoms with van der Waals surface area (Å²) in [5, 5.41) is 10.6. The number of hydrogen-bond acceptors (Lipinski definition) is 8. The Bertz CT molecular complexity index is 656. The highest BCUT2D eigenvalue weighted by molar-refractivity contribution is 6.29. The molecule has 1 aliphatic carbocycles. The second-order valence-electron chi connectivity index (χ2n) is 5.44. The number of methoxy groups -OCH3 is 2. The van der Waals surface area contributed by atoms with Gasteiger partial charge in [0.05, 0.1) is 26.9 Å². The molecule has 1 saturated carbocycles. The van der Waals surface area contributed by atoms with Crippen LogP contribution in [0.1, 0.15) is 18.6 Å². The molecule has 4 atom stereocenters. The molecule has 8 heteroatoms. The van der Waals surface area contributed by atoms with Crippen LogP contribution in [0.25, 0.3) is 0 Å². The number of hydrogen-bond donors (Lipinski definition) is 1. The first-order chi connectivity index (χ1) is 11.9. The lowest BCUT2D eigenvalue weighted by atomic mass is 10.0. The van der Waals surface area contributed by atoms with Gasteiger partial charge in [0.15, 0.2) is 0 Å². The second-order valence-corrected chi connectivity index (χ2v) is 5.44. The minimum Gasteiger partial charge on any atom is -0.497 e. The molecule has 0 aliphatic heterocycles. The lowest BCUT2D eigenvalue weighted by Crippen LogP contribution is -2.22. The van der Waals surface area contributed by atoms with Crippen molar-refractivity contribution in [1.82, 2.24) is 0 Å². The zero-order valence-electron chi connectivity index (χ0n) is 14.1. The number of aliphatic hydroxyl groups excluding tert-OH is 1. The van der Waals surface area contributed by atoms with Gasteiger partial charge in [0, 0.05) is 5.92 Å². The molecule has 136 valence electrons. The Morgan fingerprint density at radius 1 is 1.20 bits per heavy atom. The Hall–Kier alpha value is -2.61. The van der Waals surface area contributed by atoms with Gasteiger partial charge >= 0.3 is 17.9 Å². The first-order valence-electron chi connectivity index (χ1n) is 7.72.